The van der Waals surface area contributed by atoms with Gasteiger partial charge in [-0.2, -0.15) is 4.57 Å². The molecule has 0 unspecified atom stereocenters. The van der Waals surface area contributed by atoms with Crippen molar-refractivity contribution in [2.24, 2.45) is 0 Å². The average molecular weight is 415 g/mol. The first-order valence-corrected chi connectivity index (χ1v) is 10.1. The molecular formula is C21H19ClN2OS2. The van der Waals surface area contributed by atoms with Crippen LogP contribution in [0.5, 0.6) is 0 Å². The lowest BCUT2D eigenvalue weighted by Crippen LogP contribution is -2.40. The molecule has 3 rings (SSSR count). The zero-order valence-electron chi connectivity index (χ0n) is 15.0. The number of para-hydroxylation sites is 1. The molecular weight excluding hydrogens is 396 g/mol. The van der Waals surface area contributed by atoms with Gasteiger partial charge in [-0.1, -0.05) is 48.9 Å². The van der Waals surface area contributed by atoms with Crippen molar-refractivity contribution in [3.8, 4) is 0 Å². The number of pyridine rings is 1. The van der Waals surface area contributed by atoms with Gasteiger partial charge >= 0.3 is 0 Å². The number of thiophene rings is 1. The molecule has 138 valence electrons. The van der Waals surface area contributed by atoms with Gasteiger partial charge in [0, 0.05) is 22.2 Å². The third kappa shape index (κ3) is 4.56. The fourth-order valence-electron chi connectivity index (χ4n) is 2.75. The van der Waals surface area contributed by atoms with Crippen molar-refractivity contribution in [3.05, 3.63) is 81.3 Å². The Morgan fingerprint density at radius 1 is 1.19 bits per heavy atom. The molecule has 0 bridgehead atoms. The SMILES string of the molecule is CCc1ccccc1NC(=S)C(=C([O-])c1ccc(Cl)s1)[n+]1cccc(C)c1. The lowest BCUT2D eigenvalue weighted by atomic mass is 10.1. The summed E-state index contributed by atoms with van der Waals surface area (Å²) in [6.45, 7) is 4.06. The normalized spacial score (nSPS) is 11.8. The first kappa shape index (κ1) is 19.5. The van der Waals surface area contributed by atoms with Crippen LogP contribution in [0.4, 0.5) is 5.69 Å². The van der Waals surface area contributed by atoms with Crippen LogP contribution in [0, 0.1) is 6.92 Å². The van der Waals surface area contributed by atoms with Gasteiger partial charge in [0.1, 0.15) is 0 Å². The molecule has 1 aromatic carbocycles. The van der Waals surface area contributed by atoms with Crippen molar-refractivity contribution in [2.75, 3.05) is 5.32 Å². The zero-order chi connectivity index (χ0) is 19.4. The number of hydrogen-bond donors (Lipinski definition) is 1. The van der Waals surface area contributed by atoms with Gasteiger partial charge in [0.05, 0.1) is 4.34 Å². The predicted octanol–water partition coefficient (Wildman–Crippen LogP) is 4.69. The molecule has 2 heterocycles. The second kappa shape index (κ2) is 8.65. The van der Waals surface area contributed by atoms with E-state index in [4.69, 9.17) is 23.8 Å². The number of rotatable bonds is 5. The second-order valence-electron chi connectivity index (χ2n) is 6.03. The Kier molecular flexibility index (Phi) is 6.26. The fourth-order valence-corrected chi connectivity index (χ4v) is 4.05. The van der Waals surface area contributed by atoms with Crippen molar-refractivity contribution < 1.29 is 9.67 Å². The number of nitrogens with zero attached hydrogens (tertiary/aromatic N) is 1. The van der Waals surface area contributed by atoms with Crippen LogP contribution in [0.25, 0.3) is 11.5 Å². The smallest absolute Gasteiger partial charge is 0.239 e. The highest BCUT2D eigenvalue weighted by Crippen LogP contribution is 2.27. The summed E-state index contributed by atoms with van der Waals surface area (Å²) in [5.41, 5.74) is 3.48. The van der Waals surface area contributed by atoms with Crippen molar-refractivity contribution >= 4 is 57.3 Å². The summed E-state index contributed by atoms with van der Waals surface area (Å²) in [6, 6.07) is 15.3. The van der Waals surface area contributed by atoms with Gasteiger partial charge in [-0.15, -0.1) is 11.3 Å². The maximum absolute atomic E-state index is 13.2. The molecule has 0 aliphatic carbocycles. The molecule has 2 aromatic heterocycles. The molecule has 3 nitrogen and oxygen atoms in total. The van der Waals surface area contributed by atoms with E-state index >= 15 is 0 Å². The molecule has 0 fully saturated rings. The highest BCUT2D eigenvalue weighted by molar-refractivity contribution is 7.81. The van der Waals surface area contributed by atoms with Crippen LogP contribution in [0.15, 0.2) is 60.9 Å². The number of aryl methyl sites for hydroxylation is 2. The Hall–Kier alpha value is -2.21. The molecule has 0 aliphatic rings. The minimum Gasteiger partial charge on any atom is -0.867 e. The maximum atomic E-state index is 13.2. The Labute approximate surface area is 173 Å². The molecule has 0 radical (unpaired) electrons. The predicted molar refractivity (Wildman–Crippen MR) is 116 cm³/mol. The average Bonchev–Trinajstić information content (AvgIpc) is 3.09. The summed E-state index contributed by atoms with van der Waals surface area (Å²) >= 11 is 12.9. The van der Waals surface area contributed by atoms with Crippen LogP contribution < -0.4 is 15.0 Å². The molecule has 0 spiro atoms. The van der Waals surface area contributed by atoms with Gasteiger partial charge < -0.3 is 10.4 Å². The molecule has 0 saturated carbocycles. The quantitative estimate of drug-likeness (QED) is 0.285. The van der Waals surface area contributed by atoms with Crippen LogP contribution >= 0.6 is 35.2 Å². The molecule has 0 saturated heterocycles. The minimum atomic E-state index is -0.158. The van der Waals surface area contributed by atoms with E-state index in [1.165, 1.54) is 11.3 Å². The lowest BCUT2D eigenvalue weighted by molar-refractivity contribution is -0.578. The van der Waals surface area contributed by atoms with Gasteiger partial charge in [-0.05, 0) is 48.9 Å². The van der Waals surface area contributed by atoms with Crippen LogP contribution in [0.3, 0.4) is 0 Å². The highest BCUT2D eigenvalue weighted by Gasteiger charge is 2.20. The second-order valence-corrected chi connectivity index (χ2v) is 8.16. The number of aromatic nitrogens is 1. The monoisotopic (exact) mass is 414 g/mol. The van der Waals surface area contributed by atoms with E-state index in [1.54, 1.807) is 16.7 Å². The largest absolute Gasteiger partial charge is 0.867 e. The van der Waals surface area contributed by atoms with E-state index in [1.807, 2.05) is 55.7 Å². The van der Waals surface area contributed by atoms with Crippen LogP contribution in [0.1, 0.15) is 22.9 Å². The topological polar surface area (TPSA) is 39.0 Å². The molecule has 27 heavy (non-hydrogen) atoms. The minimum absolute atomic E-state index is 0.158. The Balaban J connectivity index is 2.08. The molecule has 6 heteroatoms. The summed E-state index contributed by atoms with van der Waals surface area (Å²) in [4.78, 5) is 0.929. The van der Waals surface area contributed by atoms with Crippen molar-refractivity contribution in [1.29, 1.82) is 0 Å². The van der Waals surface area contributed by atoms with E-state index in [0.29, 0.717) is 19.9 Å². The van der Waals surface area contributed by atoms with Gasteiger partial charge in [0.25, 0.3) is 0 Å². The molecule has 3 aromatic rings. The van der Waals surface area contributed by atoms with E-state index in [2.05, 4.69) is 12.2 Å². The third-order valence-corrected chi connectivity index (χ3v) is 5.61. The Morgan fingerprint density at radius 2 is 1.96 bits per heavy atom. The first-order valence-electron chi connectivity index (χ1n) is 8.54. The summed E-state index contributed by atoms with van der Waals surface area (Å²) < 4.78 is 2.34. The molecule has 0 aliphatic heterocycles. The lowest BCUT2D eigenvalue weighted by Gasteiger charge is -2.17. The number of hydrogen-bond acceptors (Lipinski definition) is 3. The summed E-state index contributed by atoms with van der Waals surface area (Å²) in [7, 11) is 0. The maximum Gasteiger partial charge on any atom is 0.239 e. The van der Waals surface area contributed by atoms with Crippen molar-refractivity contribution in [1.82, 2.24) is 0 Å². The van der Waals surface area contributed by atoms with Crippen LogP contribution in [-0.2, 0) is 6.42 Å². The van der Waals surface area contributed by atoms with E-state index in [-0.39, 0.29) is 5.76 Å². The third-order valence-electron chi connectivity index (χ3n) is 4.08. The van der Waals surface area contributed by atoms with Crippen molar-refractivity contribution in [2.45, 2.75) is 20.3 Å². The van der Waals surface area contributed by atoms with Gasteiger partial charge in [0.15, 0.2) is 17.4 Å². The first-order chi connectivity index (χ1) is 13.0. The van der Waals surface area contributed by atoms with E-state index in [0.717, 1.165) is 23.2 Å². The van der Waals surface area contributed by atoms with E-state index < -0.39 is 0 Å². The Morgan fingerprint density at radius 3 is 2.63 bits per heavy atom. The highest BCUT2D eigenvalue weighted by atomic mass is 35.5. The number of nitrogens with one attached hydrogen (secondary N) is 1. The van der Waals surface area contributed by atoms with Crippen LogP contribution in [-0.4, -0.2) is 4.99 Å². The standard InChI is InChI=1S/C21H19ClN2OS2/c1-3-15-8-4-5-9-16(15)23-21(26)19(24-12-6-7-14(2)13-24)20(25)17-10-11-18(22)27-17/h4-13H,3H2,1-2H3,(H-,23,25,26). The summed E-state index contributed by atoms with van der Waals surface area (Å²) in [5, 5.41) is 16.5. The number of thiocarbonyl (C=S) groups is 1. The number of benzene rings is 1. The summed E-state index contributed by atoms with van der Waals surface area (Å²) in [5.74, 6) is -0.158. The number of anilines is 1. The molecule has 0 amide bonds. The Bertz CT molecular complexity index is 1010. The molecule has 1 N–H and O–H groups in total. The summed E-state index contributed by atoms with van der Waals surface area (Å²) in [6.07, 6.45) is 4.59. The van der Waals surface area contributed by atoms with Gasteiger partial charge in [-0.25, -0.2) is 0 Å². The van der Waals surface area contributed by atoms with Gasteiger partial charge in [0.2, 0.25) is 5.70 Å². The van der Waals surface area contributed by atoms with Crippen molar-refractivity contribution in [3.63, 3.8) is 0 Å². The number of halogens is 1. The molecule has 0 atom stereocenters. The van der Waals surface area contributed by atoms with E-state index in [9.17, 15) is 5.11 Å². The fraction of sp³-hybridized carbons (Fsp3) is 0.143. The van der Waals surface area contributed by atoms with Crippen LogP contribution in [0.2, 0.25) is 4.34 Å². The zero-order valence-corrected chi connectivity index (χ0v) is 17.4. The van der Waals surface area contributed by atoms with Gasteiger partial charge in [-0.3, -0.25) is 0 Å².